The molecule has 104 valence electrons. The van der Waals surface area contributed by atoms with Gasteiger partial charge < -0.3 is 14.5 Å². The summed E-state index contributed by atoms with van der Waals surface area (Å²) in [5, 5.41) is 3.85. The van der Waals surface area contributed by atoms with Gasteiger partial charge in [-0.1, -0.05) is 0 Å². The van der Waals surface area contributed by atoms with Crippen LogP contribution in [0.3, 0.4) is 0 Å². The van der Waals surface area contributed by atoms with Gasteiger partial charge in [-0.05, 0) is 48.4 Å². The number of hydrogen-bond acceptors (Lipinski definition) is 4. The number of amides is 1. The van der Waals surface area contributed by atoms with E-state index in [1.54, 1.807) is 31.4 Å². The summed E-state index contributed by atoms with van der Waals surface area (Å²) in [4.78, 5) is 23.8. The molecular weight excluding hydrogens is 258 g/mol. The van der Waals surface area contributed by atoms with Gasteiger partial charge in [-0.2, -0.15) is 0 Å². The third-order valence-corrected chi connectivity index (χ3v) is 3.44. The lowest BCUT2D eigenvalue weighted by Gasteiger charge is -2.05. The number of hydrogen-bond donors (Lipinski definition) is 1. The molecule has 2 aromatic rings. The molecule has 0 atom stereocenters. The smallest absolute Gasteiger partial charge is 0.344 e. The number of carbonyl (C=O) groups is 1. The minimum Gasteiger partial charge on any atom is -0.497 e. The highest BCUT2D eigenvalue weighted by Gasteiger charge is 2.22. The average Bonchev–Trinajstić information content (AvgIpc) is 3.28. The summed E-state index contributed by atoms with van der Waals surface area (Å²) in [5.41, 5.74) is -0.512. The quantitative estimate of drug-likeness (QED) is 0.924. The minimum atomic E-state index is -0.512. The number of ether oxygens (including phenoxy) is 1. The van der Waals surface area contributed by atoms with Crippen molar-refractivity contribution in [2.75, 3.05) is 13.7 Å². The van der Waals surface area contributed by atoms with Gasteiger partial charge in [0.1, 0.15) is 5.75 Å². The number of methoxy groups -OCH3 is 1. The molecule has 1 amide bonds. The van der Waals surface area contributed by atoms with E-state index in [0.717, 1.165) is 12.8 Å². The predicted octanol–water partition coefficient (Wildman–Crippen LogP) is 1.94. The zero-order valence-electron chi connectivity index (χ0n) is 11.1. The van der Waals surface area contributed by atoms with Crippen LogP contribution in [0.1, 0.15) is 23.4 Å². The number of carbonyl (C=O) groups excluding carboxylic acids is 1. The molecule has 1 aliphatic carbocycles. The lowest BCUT2D eigenvalue weighted by atomic mass is 10.1. The largest absolute Gasteiger partial charge is 0.497 e. The normalized spacial score (nSPS) is 14.2. The Morgan fingerprint density at radius 2 is 2.20 bits per heavy atom. The molecule has 0 radical (unpaired) electrons. The number of rotatable bonds is 4. The van der Waals surface area contributed by atoms with E-state index in [1.165, 1.54) is 0 Å². The van der Waals surface area contributed by atoms with Gasteiger partial charge in [-0.25, -0.2) is 4.79 Å². The first-order valence-corrected chi connectivity index (χ1v) is 6.57. The lowest BCUT2D eigenvalue weighted by molar-refractivity contribution is 0.0920. The Morgan fingerprint density at radius 3 is 2.90 bits per heavy atom. The summed E-state index contributed by atoms with van der Waals surface area (Å²) in [7, 11) is 1.55. The molecule has 0 spiro atoms. The molecule has 1 fully saturated rings. The predicted molar refractivity (Wildman–Crippen MR) is 74.1 cm³/mol. The van der Waals surface area contributed by atoms with Gasteiger partial charge in [0.25, 0.3) is 5.91 Å². The standard InChI is InChI=1S/C15H15NO4/c1-19-11-4-5-12-10(6-11)7-13(20-15(12)18)14(17)16-8-9-2-3-9/h4-7,9H,2-3,8H2,1H3,(H,16,17). The number of nitrogens with one attached hydrogen (secondary N) is 1. The first-order chi connectivity index (χ1) is 9.67. The third kappa shape index (κ3) is 2.52. The zero-order valence-corrected chi connectivity index (χ0v) is 11.1. The molecule has 0 unspecified atom stereocenters. The van der Waals surface area contributed by atoms with Crippen LogP contribution in [0.15, 0.2) is 33.5 Å². The minimum absolute atomic E-state index is 0.0383. The van der Waals surface area contributed by atoms with Crippen molar-refractivity contribution in [3.05, 3.63) is 40.4 Å². The van der Waals surface area contributed by atoms with Crippen LogP contribution in [0.2, 0.25) is 0 Å². The summed E-state index contributed by atoms with van der Waals surface area (Å²) in [6, 6.07) is 6.60. The second-order valence-corrected chi connectivity index (χ2v) is 5.00. The van der Waals surface area contributed by atoms with E-state index in [0.29, 0.717) is 29.0 Å². The summed E-state index contributed by atoms with van der Waals surface area (Å²) in [5.74, 6) is 0.897. The van der Waals surface area contributed by atoms with Gasteiger partial charge in [0.05, 0.1) is 12.5 Å². The van der Waals surface area contributed by atoms with Crippen molar-refractivity contribution >= 4 is 16.7 Å². The van der Waals surface area contributed by atoms with Gasteiger partial charge in [-0.15, -0.1) is 0 Å². The van der Waals surface area contributed by atoms with E-state index < -0.39 is 5.63 Å². The third-order valence-electron chi connectivity index (χ3n) is 3.44. The van der Waals surface area contributed by atoms with E-state index in [-0.39, 0.29) is 11.7 Å². The number of benzene rings is 1. The molecular formula is C15H15NO4. The first kappa shape index (κ1) is 12.7. The fourth-order valence-corrected chi connectivity index (χ4v) is 2.06. The van der Waals surface area contributed by atoms with Gasteiger partial charge in [0.2, 0.25) is 0 Å². The molecule has 0 saturated heterocycles. The average molecular weight is 273 g/mol. The maximum atomic E-state index is 12.0. The summed E-state index contributed by atoms with van der Waals surface area (Å²) < 4.78 is 10.2. The molecule has 1 aromatic carbocycles. The van der Waals surface area contributed by atoms with Crippen LogP contribution in [0.25, 0.3) is 10.8 Å². The maximum absolute atomic E-state index is 12.0. The molecule has 1 aromatic heterocycles. The second kappa shape index (κ2) is 5.00. The summed E-state index contributed by atoms with van der Waals surface area (Å²) in [6.07, 6.45) is 2.30. The molecule has 1 aliphatic rings. The van der Waals surface area contributed by atoms with Crippen LogP contribution in [0, 0.1) is 5.92 Å². The zero-order chi connectivity index (χ0) is 14.1. The van der Waals surface area contributed by atoms with Crippen LogP contribution in [0.5, 0.6) is 5.75 Å². The fraction of sp³-hybridized carbons (Fsp3) is 0.333. The Kier molecular flexibility index (Phi) is 3.18. The highest BCUT2D eigenvalue weighted by molar-refractivity contribution is 5.95. The van der Waals surface area contributed by atoms with Gasteiger partial charge in [0.15, 0.2) is 5.76 Å². The Labute approximate surface area is 115 Å². The monoisotopic (exact) mass is 273 g/mol. The van der Waals surface area contributed by atoms with Crippen LogP contribution >= 0.6 is 0 Å². The molecule has 3 rings (SSSR count). The Balaban J connectivity index is 1.94. The Hall–Kier alpha value is -2.30. The first-order valence-electron chi connectivity index (χ1n) is 6.57. The molecule has 0 aliphatic heterocycles. The van der Waals surface area contributed by atoms with Crippen LogP contribution in [-0.2, 0) is 0 Å². The highest BCUT2D eigenvalue weighted by Crippen LogP contribution is 2.27. The van der Waals surface area contributed by atoms with E-state index in [1.807, 2.05) is 0 Å². The van der Waals surface area contributed by atoms with Gasteiger partial charge in [-0.3, -0.25) is 4.79 Å². The SMILES string of the molecule is COc1ccc2c(=O)oc(C(=O)NCC3CC3)cc2c1. The number of fused-ring (bicyclic) bond motifs is 1. The maximum Gasteiger partial charge on any atom is 0.344 e. The summed E-state index contributed by atoms with van der Waals surface area (Å²) in [6.45, 7) is 0.638. The molecule has 5 heteroatoms. The molecule has 5 nitrogen and oxygen atoms in total. The van der Waals surface area contributed by atoms with Crippen molar-refractivity contribution < 1.29 is 13.9 Å². The van der Waals surface area contributed by atoms with Crippen molar-refractivity contribution in [3.8, 4) is 5.75 Å². The van der Waals surface area contributed by atoms with Gasteiger partial charge in [0, 0.05) is 6.54 Å². The fourth-order valence-electron chi connectivity index (χ4n) is 2.06. The molecule has 1 saturated carbocycles. The highest BCUT2D eigenvalue weighted by atomic mass is 16.5. The van der Waals surface area contributed by atoms with Crippen molar-refractivity contribution in [1.82, 2.24) is 5.32 Å². The molecule has 20 heavy (non-hydrogen) atoms. The van der Waals surface area contributed by atoms with Crippen molar-refractivity contribution in [2.45, 2.75) is 12.8 Å². The molecule has 1 N–H and O–H groups in total. The molecule has 0 bridgehead atoms. The van der Waals surface area contributed by atoms with Crippen molar-refractivity contribution in [3.63, 3.8) is 0 Å². The van der Waals surface area contributed by atoms with Crippen molar-refractivity contribution in [2.24, 2.45) is 5.92 Å². The topological polar surface area (TPSA) is 68.5 Å². The summed E-state index contributed by atoms with van der Waals surface area (Å²) >= 11 is 0. The van der Waals surface area contributed by atoms with Crippen LogP contribution in [0.4, 0.5) is 0 Å². The second-order valence-electron chi connectivity index (χ2n) is 5.00. The van der Waals surface area contributed by atoms with Crippen LogP contribution < -0.4 is 15.7 Å². The molecule has 1 heterocycles. The van der Waals surface area contributed by atoms with E-state index in [4.69, 9.17) is 9.15 Å². The van der Waals surface area contributed by atoms with E-state index in [2.05, 4.69) is 5.32 Å². The van der Waals surface area contributed by atoms with Crippen LogP contribution in [-0.4, -0.2) is 19.6 Å². The van der Waals surface area contributed by atoms with E-state index >= 15 is 0 Å². The van der Waals surface area contributed by atoms with E-state index in [9.17, 15) is 9.59 Å². The van der Waals surface area contributed by atoms with Crippen molar-refractivity contribution in [1.29, 1.82) is 0 Å². The Morgan fingerprint density at radius 1 is 1.40 bits per heavy atom. The lowest BCUT2D eigenvalue weighted by Crippen LogP contribution is -2.26. The van der Waals surface area contributed by atoms with Gasteiger partial charge >= 0.3 is 5.63 Å². The Bertz CT molecular complexity index is 715.